The molecule has 2 aromatic carbocycles. The smallest absolute Gasteiger partial charge is 0.253 e. The SMILES string of the molecule is Cc1nc2ccc(Cl)cc2cc1C(=O)NCC(=O)Nc1ccc(Cl)cc1. The maximum Gasteiger partial charge on any atom is 0.253 e. The number of aryl methyl sites for hydroxylation is 1. The van der Waals surface area contributed by atoms with E-state index in [9.17, 15) is 9.59 Å². The van der Waals surface area contributed by atoms with Crippen LogP contribution in [0.15, 0.2) is 48.5 Å². The summed E-state index contributed by atoms with van der Waals surface area (Å²) in [5, 5.41) is 7.19. The van der Waals surface area contributed by atoms with E-state index >= 15 is 0 Å². The predicted molar refractivity (Wildman–Crippen MR) is 104 cm³/mol. The topological polar surface area (TPSA) is 71.1 Å². The van der Waals surface area contributed by atoms with E-state index in [1.165, 1.54) is 0 Å². The van der Waals surface area contributed by atoms with Crippen molar-refractivity contribution < 1.29 is 9.59 Å². The van der Waals surface area contributed by atoms with Gasteiger partial charge in [0.25, 0.3) is 5.91 Å². The quantitative estimate of drug-likeness (QED) is 0.703. The number of amides is 2. The minimum absolute atomic E-state index is 0.158. The molecule has 0 bridgehead atoms. The third-order valence-corrected chi connectivity index (χ3v) is 4.24. The number of fused-ring (bicyclic) bond motifs is 1. The molecule has 0 spiro atoms. The van der Waals surface area contributed by atoms with E-state index in [1.807, 2.05) is 0 Å². The molecule has 2 amide bonds. The summed E-state index contributed by atoms with van der Waals surface area (Å²) in [5.74, 6) is -0.710. The van der Waals surface area contributed by atoms with Crippen molar-refractivity contribution in [3.63, 3.8) is 0 Å². The summed E-state index contributed by atoms with van der Waals surface area (Å²) in [6.07, 6.45) is 0. The average molecular weight is 388 g/mol. The number of hydrogen-bond acceptors (Lipinski definition) is 3. The van der Waals surface area contributed by atoms with Gasteiger partial charge in [-0.3, -0.25) is 14.6 Å². The number of carbonyl (C=O) groups is 2. The van der Waals surface area contributed by atoms with Gasteiger partial charge in [0, 0.05) is 21.1 Å². The Morgan fingerprint density at radius 3 is 2.42 bits per heavy atom. The van der Waals surface area contributed by atoms with Gasteiger partial charge < -0.3 is 10.6 Å². The number of benzene rings is 2. The standard InChI is InChI=1S/C19H15Cl2N3O2/c1-11-16(9-12-8-14(21)4-7-17(12)23-11)19(26)22-10-18(25)24-15-5-2-13(20)3-6-15/h2-9H,10H2,1H3,(H,22,26)(H,24,25). The fourth-order valence-corrected chi connectivity index (χ4v) is 2.77. The summed E-state index contributed by atoms with van der Waals surface area (Å²) >= 11 is 11.8. The Kier molecular flexibility index (Phi) is 5.40. The van der Waals surface area contributed by atoms with E-state index in [4.69, 9.17) is 23.2 Å². The molecule has 0 aliphatic heterocycles. The zero-order valence-corrected chi connectivity index (χ0v) is 15.4. The molecular weight excluding hydrogens is 373 g/mol. The van der Waals surface area contributed by atoms with Crippen LogP contribution in [-0.2, 0) is 4.79 Å². The molecule has 0 radical (unpaired) electrons. The zero-order valence-electron chi connectivity index (χ0n) is 13.8. The van der Waals surface area contributed by atoms with Crippen molar-refractivity contribution in [3.8, 4) is 0 Å². The first-order valence-electron chi connectivity index (χ1n) is 7.83. The molecule has 0 atom stereocenters. The first kappa shape index (κ1) is 18.2. The Bertz CT molecular complexity index is 988. The van der Waals surface area contributed by atoms with Crippen LogP contribution in [0.2, 0.25) is 10.0 Å². The molecule has 3 rings (SSSR count). The Morgan fingerprint density at radius 1 is 1.00 bits per heavy atom. The largest absolute Gasteiger partial charge is 0.343 e. The van der Waals surface area contributed by atoms with Crippen molar-refractivity contribution in [1.29, 1.82) is 0 Å². The van der Waals surface area contributed by atoms with E-state index in [-0.39, 0.29) is 18.4 Å². The molecule has 0 unspecified atom stereocenters. The molecule has 26 heavy (non-hydrogen) atoms. The van der Waals surface area contributed by atoms with Crippen molar-refractivity contribution in [3.05, 3.63) is 69.8 Å². The summed E-state index contributed by atoms with van der Waals surface area (Å²) in [6.45, 7) is 1.59. The minimum Gasteiger partial charge on any atom is -0.343 e. The van der Waals surface area contributed by atoms with Crippen molar-refractivity contribution in [1.82, 2.24) is 10.3 Å². The second-order valence-corrected chi connectivity index (χ2v) is 6.57. The van der Waals surface area contributed by atoms with Gasteiger partial charge >= 0.3 is 0 Å². The highest BCUT2D eigenvalue weighted by Gasteiger charge is 2.13. The van der Waals surface area contributed by atoms with E-state index in [0.29, 0.717) is 27.0 Å². The lowest BCUT2D eigenvalue weighted by Crippen LogP contribution is -2.33. The first-order chi connectivity index (χ1) is 12.4. The lowest BCUT2D eigenvalue weighted by Gasteiger charge is -2.10. The molecule has 0 saturated heterocycles. The third-order valence-electron chi connectivity index (χ3n) is 3.75. The predicted octanol–water partition coefficient (Wildman–Crippen LogP) is 4.22. The molecule has 0 fully saturated rings. The van der Waals surface area contributed by atoms with E-state index in [0.717, 1.165) is 10.9 Å². The van der Waals surface area contributed by atoms with Gasteiger partial charge in [0.1, 0.15) is 0 Å². The fraction of sp³-hybridized carbons (Fsp3) is 0.105. The van der Waals surface area contributed by atoms with Crippen LogP contribution >= 0.6 is 23.2 Å². The molecule has 1 heterocycles. The van der Waals surface area contributed by atoms with Gasteiger partial charge in [-0.1, -0.05) is 23.2 Å². The average Bonchev–Trinajstić information content (AvgIpc) is 2.61. The minimum atomic E-state index is -0.372. The summed E-state index contributed by atoms with van der Waals surface area (Å²) in [4.78, 5) is 28.8. The number of rotatable bonds is 4. The van der Waals surface area contributed by atoms with Crippen LogP contribution in [0.4, 0.5) is 5.69 Å². The zero-order chi connectivity index (χ0) is 18.7. The molecular formula is C19H15Cl2N3O2. The molecule has 5 nitrogen and oxygen atoms in total. The maximum absolute atomic E-state index is 12.4. The fourth-order valence-electron chi connectivity index (χ4n) is 2.47. The lowest BCUT2D eigenvalue weighted by atomic mass is 10.1. The second kappa shape index (κ2) is 7.72. The number of hydrogen-bond donors (Lipinski definition) is 2. The Labute approximate surface area is 160 Å². The number of halogens is 2. The number of nitrogens with zero attached hydrogens (tertiary/aromatic N) is 1. The molecule has 7 heteroatoms. The van der Waals surface area contributed by atoms with Crippen molar-refractivity contribution in [2.75, 3.05) is 11.9 Å². The molecule has 3 aromatic rings. The molecule has 1 aromatic heterocycles. The number of carbonyl (C=O) groups excluding carboxylic acids is 2. The van der Waals surface area contributed by atoms with Crippen molar-refractivity contribution in [2.45, 2.75) is 6.92 Å². The van der Waals surface area contributed by atoms with Crippen LogP contribution in [0, 0.1) is 6.92 Å². The van der Waals surface area contributed by atoms with E-state index in [1.54, 1.807) is 55.5 Å². The summed E-state index contributed by atoms with van der Waals surface area (Å²) in [6, 6.07) is 13.7. The molecule has 2 N–H and O–H groups in total. The highest BCUT2D eigenvalue weighted by Crippen LogP contribution is 2.20. The number of pyridine rings is 1. The van der Waals surface area contributed by atoms with Crippen molar-refractivity contribution in [2.24, 2.45) is 0 Å². The number of aromatic nitrogens is 1. The summed E-state index contributed by atoms with van der Waals surface area (Å²) < 4.78 is 0. The van der Waals surface area contributed by atoms with Gasteiger partial charge in [-0.05, 0) is 55.5 Å². The monoisotopic (exact) mass is 387 g/mol. The number of anilines is 1. The highest BCUT2D eigenvalue weighted by molar-refractivity contribution is 6.31. The van der Waals surface area contributed by atoms with Gasteiger partial charge in [0.15, 0.2) is 0 Å². The third kappa shape index (κ3) is 4.31. The van der Waals surface area contributed by atoms with Crippen LogP contribution in [-0.4, -0.2) is 23.3 Å². The van der Waals surface area contributed by atoms with E-state index in [2.05, 4.69) is 15.6 Å². The summed E-state index contributed by atoms with van der Waals surface area (Å²) in [7, 11) is 0. The van der Waals surface area contributed by atoms with Crippen LogP contribution in [0.25, 0.3) is 10.9 Å². The van der Waals surface area contributed by atoms with E-state index < -0.39 is 0 Å². The van der Waals surface area contributed by atoms with Crippen LogP contribution in [0.3, 0.4) is 0 Å². The van der Waals surface area contributed by atoms with Gasteiger partial charge in [-0.25, -0.2) is 0 Å². The Morgan fingerprint density at radius 2 is 1.69 bits per heavy atom. The van der Waals surface area contributed by atoms with Gasteiger partial charge in [0.2, 0.25) is 5.91 Å². The molecule has 0 aliphatic rings. The molecule has 0 aliphatic carbocycles. The molecule has 132 valence electrons. The number of nitrogens with one attached hydrogen (secondary N) is 2. The van der Waals surface area contributed by atoms with Crippen LogP contribution in [0.5, 0.6) is 0 Å². The maximum atomic E-state index is 12.4. The van der Waals surface area contributed by atoms with Crippen molar-refractivity contribution >= 4 is 51.6 Å². The van der Waals surface area contributed by atoms with Gasteiger partial charge in [-0.15, -0.1) is 0 Å². The first-order valence-corrected chi connectivity index (χ1v) is 8.58. The van der Waals surface area contributed by atoms with Crippen LogP contribution in [0.1, 0.15) is 16.1 Å². The van der Waals surface area contributed by atoms with Crippen LogP contribution < -0.4 is 10.6 Å². The molecule has 0 saturated carbocycles. The second-order valence-electron chi connectivity index (χ2n) is 5.70. The highest BCUT2D eigenvalue weighted by atomic mass is 35.5. The normalized spacial score (nSPS) is 10.6. The Hall–Kier alpha value is -2.63. The summed E-state index contributed by atoms with van der Waals surface area (Å²) in [5.41, 5.74) is 2.34. The lowest BCUT2D eigenvalue weighted by molar-refractivity contribution is -0.115. The Balaban J connectivity index is 1.67. The van der Waals surface area contributed by atoms with Gasteiger partial charge in [-0.2, -0.15) is 0 Å². The van der Waals surface area contributed by atoms with Gasteiger partial charge in [0.05, 0.1) is 23.3 Å².